The highest BCUT2D eigenvalue weighted by Crippen LogP contribution is 2.42. The standard InChI is InChI=1S/C31H38ClN5O4/c1-19-16-20(8-10-22(19)28(39)37-14-5-6-15-37)27(38)36-25(26-34-23-11-9-21(32)17-24(23)35-26)31(12-7-13-33-18-31)29(40)41-30(2,3)4/h8-11,16-17,25,33H,5-7,12-15,18H2,1-4H3,(H,34,35)(H,36,38). The largest absolute Gasteiger partial charge is 0.459 e. The number of ether oxygens (including phenoxy) is 1. The summed E-state index contributed by atoms with van der Waals surface area (Å²) in [6.45, 7) is 9.92. The van der Waals surface area contributed by atoms with E-state index in [1.165, 1.54) is 0 Å². The molecule has 2 unspecified atom stereocenters. The molecule has 2 aliphatic rings. The Morgan fingerprint density at radius 2 is 1.85 bits per heavy atom. The molecule has 2 saturated heterocycles. The highest BCUT2D eigenvalue weighted by Gasteiger charge is 2.51. The molecule has 2 aromatic carbocycles. The first kappa shape index (κ1) is 29.1. The molecular formula is C31H38ClN5O4. The zero-order valence-corrected chi connectivity index (χ0v) is 24.9. The van der Waals surface area contributed by atoms with Crippen LogP contribution in [-0.2, 0) is 9.53 Å². The molecule has 218 valence electrons. The van der Waals surface area contributed by atoms with Crippen molar-refractivity contribution in [2.45, 2.75) is 65.0 Å². The van der Waals surface area contributed by atoms with Crippen molar-refractivity contribution in [2.24, 2.45) is 5.41 Å². The quantitative estimate of drug-likeness (QED) is 0.356. The Hall–Kier alpha value is -3.43. The molecule has 3 aromatic rings. The van der Waals surface area contributed by atoms with Crippen LogP contribution in [0.1, 0.15) is 84.6 Å². The van der Waals surface area contributed by atoms with E-state index in [4.69, 9.17) is 21.3 Å². The number of hydrogen-bond acceptors (Lipinski definition) is 6. The lowest BCUT2D eigenvalue weighted by atomic mass is 9.73. The van der Waals surface area contributed by atoms with Crippen molar-refractivity contribution < 1.29 is 19.1 Å². The number of likely N-dealkylation sites (tertiary alicyclic amines) is 1. The van der Waals surface area contributed by atoms with Crippen LogP contribution in [0, 0.1) is 12.3 Å². The Kier molecular flexibility index (Phi) is 8.12. The average Bonchev–Trinajstić information content (AvgIpc) is 3.61. The summed E-state index contributed by atoms with van der Waals surface area (Å²) in [6, 6.07) is 9.62. The van der Waals surface area contributed by atoms with Crippen molar-refractivity contribution in [3.63, 3.8) is 0 Å². The third-order valence-corrected chi connectivity index (χ3v) is 8.13. The first-order valence-corrected chi connectivity index (χ1v) is 14.6. The zero-order valence-electron chi connectivity index (χ0n) is 24.1. The lowest BCUT2D eigenvalue weighted by molar-refractivity contribution is -0.171. The van der Waals surface area contributed by atoms with Crippen LogP contribution in [0.5, 0.6) is 0 Å². The second-order valence-corrected chi connectivity index (χ2v) is 12.6. The van der Waals surface area contributed by atoms with Crippen LogP contribution in [0.15, 0.2) is 36.4 Å². The fourth-order valence-electron chi connectivity index (χ4n) is 5.80. The fourth-order valence-corrected chi connectivity index (χ4v) is 5.97. The number of H-pyrrole nitrogens is 1. The van der Waals surface area contributed by atoms with Crippen LogP contribution in [0.25, 0.3) is 11.0 Å². The molecule has 10 heteroatoms. The summed E-state index contributed by atoms with van der Waals surface area (Å²) in [7, 11) is 0. The summed E-state index contributed by atoms with van der Waals surface area (Å²) in [4.78, 5) is 50.7. The van der Waals surface area contributed by atoms with Gasteiger partial charge < -0.3 is 25.3 Å². The van der Waals surface area contributed by atoms with E-state index in [2.05, 4.69) is 15.6 Å². The summed E-state index contributed by atoms with van der Waals surface area (Å²) in [5.41, 5.74) is 1.27. The smallest absolute Gasteiger partial charge is 0.316 e. The van der Waals surface area contributed by atoms with Crippen LogP contribution in [0.3, 0.4) is 0 Å². The van der Waals surface area contributed by atoms with Gasteiger partial charge in [-0.1, -0.05) is 11.6 Å². The number of carbonyl (C=O) groups excluding carboxylic acids is 3. The van der Waals surface area contributed by atoms with Crippen LogP contribution < -0.4 is 10.6 Å². The van der Waals surface area contributed by atoms with Crippen molar-refractivity contribution in [3.05, 3.63) is 63.9 Å². The number of piperidine rings is 1. The third-order valence-electron chi connectivity index (χ3n) is 7.90. The van der Waals surface area contributed by atoms with Gasteiger partial charge in [0, 0.05) is 35.8 Å². The molecule has 2 atom stereocenters. The minimum Gasteiger partial charge on any atom is -0.459 e. The summed E-state index contributed by atoms with van der Waals surface area (Å²) in [6.07, 6.45) is 3.24. The normalized spacial score (nSPS) is 20.2. The molecule has 5 rings (SSSR count). The topological polar surface area (TPSA) is 116 Å². The highest BCUT2D eigenvalue weighted by molar-refractivity contribution is 6.31. The number of fused-ring (bicyclic) bond motifs is 1. The van der Waals surface area contributed by atoms with Gasteiger partial charge in [0.15, 0.2) is 0 Å². The second kappa shape index (κ2) is 11.4. The molecule has 1 aromatic heterocycles. The number of aryl methyl sites for hydroxylation is 1. The monoisotopic (exact) mass is 579 g/mol. The van der Waals surface area contributed by atoms with E-state index in [1.54, 1.807) is 30.3 Å². The van der Waals surface area contributed by atoms with E-state index in [1.807, 2.05) is 38.7 Å². The number of aromatic amines is 1. The Morgan fingerprint density at radius 3 is 2.51 bits per heavy atom. The number of carbonyl (C=O) groups is 3. The molecule has 2 aliphatic heterocycles. The number of hydrogen-bond donors (Lipinski definition) is 3. The number of nitrogens with zero attached hydrogens (tertiary/aromatic N) is 2. The molecule has 0 radical (unpaired) electrons. The van der Waals surface area contributed by atoms with Crippen molar-refractivity contribution in [2.75, 3.05) is 26.2 Å². The Balaban J connectivity index is 1.52. The molecule has 2 fully saturated rings. The number of benzene rings is 2. The van der Waals surface area contributed by atoms with Crippen LogP contribution >= 0.6 is 11.6 Å². The minimum atomic E-state index is -1.11. The van der Waals surface area contributed by atoms with E-state index in [-0.39, 0.29) is 11.8 Å². The second-order valence-electron chi connectivity index (χ2n) is 12.2. The lowest BCUT2D eigenvalue weighted by Crippen LogP contribution is -2.56. The SMILES string of the molecule is Cc1cc(C(=O)NC(c2nc3cc(Cl)ccc3[nH]2)C2(C(=O)OC(C)(C)C)CCCNC2)ccc1C(=O)N1CCCC1. The zero-order chi connectivity index (χ0) is 29.4. The number of halogens is 1. The van der Waals surface area contributed by atoms with Gasteiger partial charge in [0.2, 0.25) is 0 Å². The lowest BCUT2D eigenvalue weighted by Gasteiger charge is -2.42. The molecule has 3 N–H and O–H groups in total. The number of imidazole rings is 1. The van der Waals surface area contributed by atoms with Gasteiger partial charge in [0.1, 0.15) is 22.9 Å². The minimum absolute atomic E-state index is 0.0112. The van der Waals surface area contributed by atoms with Gasteiger partial charge in [0.25, 0.3) is 11.8 Å². The first-order valence-electron chi connectivity index (χ1n) is 14.3. The van der Waals surface area contributed by atoms with Gasteiger partial charge in [-0.3, -0.25) is 14.4 Å². The van der Waals surface area contributed by atoms with Gasteiger partial charge >= 0.3 is 5.97 Å². The van der Waals surface area contributed by atoms with Gasteiger partial charge in [-0.25, -0.2) is 4.98 Å². The van der Waals surface area contributed by atoms with Gasteiger partial charge in [-0.05, 0) is 102 Å². The van der Waals surface area contributed by atoms with Gasteiger partial charge in [0.05, 0.1) is 11.0 Å². The van der Waals surface area contributed by atoms with Crippen molar-refractivity contribution in [1.29, 1.82) is 0 Å². The number of amides is 2. The Labute approximate surface area is 245 Å². The Bertz CT molecular complexity index is 1460. The summed E-state index contributed by atoms with van der Waals surface area (Å²) in [5, 5.41) is 7.02. The average molecular weight is 580 g/mol. The van der Waals surface area contributed by atoms with Crippen LogP contribution in [-0.4, -0.2) is 64.4 Å². The summed E-state index contributed by atoms with van der Waals surface area (Å²) >= 11 is 6.23. The summed E-state index contributed by atoms with van der Waals surface area (Å²) in [5.74, 6) is -0.334. The number of aromatic nitrogens is 2. The van der Waals surface area contributed by atoms with E-state index in [9.17, 15) is 14.4 Å². The van der Waals surface area contributed by atoms with Gasteiger partial charge in [-0.15, -0.1) is 0 Å². The van der Waals surface area contributed by atoms with Crippen molar-refractivity contribution in [3.8, 4) is 0 Å². The molecule has 0 bridgehead atoms. The first-order chi connectivity index (χ1) is 19.5. The van der Waals surface area contributed by atoms with E-state index in [0.717, 1.165) is 50.0 Å². The third kappa shape index (κ3) is 6.11. The summed E-state index contributed by atoms with van der Waals surface area (Å²) < 4.78 is 5.94. The predicted molar refractivity (Wildman–Crippen MR) is 158 cm³/mol. The maximum atomic E-state index is 13.9. The number of rotatable bonds is 6. The molecule has 0 spiro atoms. The predicted octanol–water partition coefficient (Wildman–Crippen LogP) is 4.94. The van der Waals surface area contributed by atoms with Crippen LogP contribution in [0.4, 0.5) is 0 Å². The molecule has 41 heavy (non-hydrogen) atoms. The van der Waals surface area contributed by atoms with E-state index in [0.29, 0.717) is 40.5 Å². The van der Waals surface area contributed by atoms with Gasteiger partial charge in [-0.2, -0.15) is 0 Å². The van der Waals surface area contributed by atoms with Crippen LogP contribution in [0.2, 0.25) is 5.02 Å². The molecule has 0 saturated carbocycles. The molecule has 2 amide bonds. The van der Waals surface area contributed by atoms with E-state index >= 15 is 0 Å². The van der Waals surface area contributed by atoms with E-state index < -0.39 is 23.0 Å². The number of nitrogens with one attached hydrogen (secondary N) is 3. The molecular weight excluding hydrogens is 542 g/mol. The van der Waals surface area contributed by atoms with Crippen molar-refractivity contribution in [1.82, 2.24) is 25.5 Å². The fraction of sp³-hybridized carbons (Fsp3) is 0.484. The highest BCUT2D eigenvalue weighted by atomic mass is 35.5. The molecule has 9 nitrogen and oxygen atoms in total. The Morgan fingerprint density at radius 1 is 1.10 bits per heavy atom. The maximum Gasteiger partial charge on any atom is 0.316 e. The van der Waals surface area contributed by atoms with Crippen molar-refractivity contribution >= 4 is 40.4 Å². The molecule has 0 aliphatic carbocycles. The maximum absolute atomic E-state index is 13.9. The number of esters is 1. The molecule has 3 heterocycles.